The molecule has 7 heteroatoms. The first-order chi connectivity index (χ1) is 13.2. The summed E-state index contributed by atoms with van der Waals surface area (Å²) in [6, 6.07) is 14.8. The number of ether oxygens (including phenoxy) is 1. The molecule has 6 nitrogen and oxygen atoms in total. The fraction of sp³-hybridized carbons (Fsp3) is 0.429. The van der Waals surface area contributed by atoms with Crippen molar-refractivity contribution in [2.45, 2.75) is 25.0 Å². The Kier molecular flexibility index (Phi) is 6.88. The highest BCUT2D eigenvalue weighted by Gasteiger charge is 2.41. The molecule has 2 bridgehead atoms. The molecule has 0 aliphatic carbocycles. The molecular weight excluding hydrogens is 378 g/mol. The first kappa shape index (κ1) is 20.6. The smallest absolute Gasteiger partial charge is 0.251 e. The number of carbonyl (C=O) groups excluding carboxylic acids is 1. The van der Waals surface area contributed by atoms with Crippen LogP contribution in [0.15, 0.2) is 53.3 Å². The quantitative estimate of drug-likeness (QED) is 0.722. The summed E-state index contributed by atoms with van der Waals surface area (Å²) in [6.07, 6.45) is 0.943. The second kappa shape index (κ2) is 9.37. The zero-order chi connectivity index (χ0) is 18.6. The van der Waals surface area contributed by atoms with Gasteiger partial charge in [-0.3, -0.25) is 14.2 Å². The Bertz CT molecular complexity index is 855. The van der Waals surface area contributed by atoms with Crippen LogP contribution in [0.3, 0.4) is 0 Å². The number of fused-ring (bicyclic) bond motifs is 4. The molecule has 2 N–H and O–H groups in total. The van der Waals surface area contributed by atoms with Gasteiger partial charge in [-0.25, -0.2) is 0 Å². The summed E-state index contributed by atoms with van der Waals surface area (Å²) in [5.41, 5.74) is 1.98. The minimum absolute atomic E-state index is 0. The topological polar surface area (TPSA) is 72.4 Å². The number of amides is 1. The van der Waals surface area contributed by atoms with E-state index >= 15 is 0 Å². The summed E-state index contributed by atoms with van der Waals surface area (Å²) in [4.78, 5) is 25.4. The normalized spacial score (nSPS) is 22.6. The maximum atomic E-state index is 12.9. The number of benzene rings is 1. The third-order valence-corrected chi connectivity index (χ3v) is 5.47. The van der Waals surface area contributed by atoms with Gasteiger partial charge in [0.1, 0.15) is 6.04 Å². The average molecular weight is 404 g/mol. The predicted octanol–water partition coefficient (Wildman–Crippen LogP) is 1.85. The molecule has 150 valence electrons. The molecule has 2 aliphatic heterocycles. The predicted molar refractivity (Wildman–Crippen MR) is 110 cm³/mol. The van der Waals surface area contributed by atoms with Crippen LogP contribution in [0, 0.1) is 5.92 Å². The molecule has 2 aliphatic rings. The van der Waals surface area contributed by atoms with Crippen LogP contribution in [0.25, 0.3) is 0 Å². The van der Waals surface area contributed by atoms with Crippen LogP contribution in [-0.2, 0) is 16.1 Å². The van der Waals surface area contributed by atoms with Gasteiger partial charge in [0.15, 0.2) is 0 Å². The van der Waals surface area contributed by atoms with Crippen molar-refractivity contribution in [3.05, 3.63) is 70.1 Å². The van der Waals surface area contributed by atoms with E-state index in [0.29, 0.717) is 25.7 Å². The van der Waals surface area contributed by atoms with Gasteiger partial charge in [-0.05, 0) is 18.1 Å². The number of nitrogens with zero attached hydrogens (tertiary/aromatic N) is 1. The molecule has 0 saturated carbocycles. The number of piperidine rings is 1. The fourth-order valence-corrected chi connectivity index (χ4v) is 4.25. The van der Waals surface area contributed by atoms with E-state index < -0.39 is 6.04 Å². The van der Waals surface area contributed by atoms with Gasteiger partial charge < -0.3 is 15.4 Å². The molecule has 0 spiro atoms. The molecule has 0 unspecified atom stereocenters. The van der Waals surface area contributed by atoms with Crippen molar-refractivity contribution in [2.24, 2.45) is 5.92 Å². The highest BCUT2D eigenvalue weighted by atomic mass is 35.5. The van der Waals surface area contributed by atoms with Crippen molar-refractivity contribution < 1.29 is 9.53 Å². The highest BCUT2D eigenvalue weighted by Crippen LogP contribution is 2.38. The van der Waals surface area contributed by atoms with E-state index in [-0.39, 0.29) is 29.8 Å². The SMILES string of the molecule is Cl.O=C(NCCOCc1ccccc1)[C@H]1[C@@H]2CNC[C@@H](C2)c2cccc(=O)n21. The number of nitrogens with one attached hydrogen (secondary N) is 2. The molecule has 0 radical (unpaired) electrons. The Balaban J connectivity index is 0.00000225. The van der Waals surface area contributed by atoms with Crippen LogP contribution >= 0.6 is 12.4 Å². The lowest BCUT2D eigenvalue weighted by molar-refractivity contribution is -0.127. The van der Waals surface area contributed by atoms with E-state index in [1.54, 1.807) is 16.7 Å². The summed E-state index contributed by atoms with van der Waals surface area (Å²) in [7, 11) is 0. The average Bonchev–Trinajstić information content (AvgIpc) is 2.70. The third kappa shape index (κ3) is 4.29. The van der Waals surface area contributed by atoms with E-state index in [9.17, 15) is 9.59 Å². The summed E-state index contributed by atoms with van der Waals surface area (Å²) < 4.78 is 7.34. The van der Waals surface area contributed by atoms with Gasteiger partial charge in [0, 0.05) is 43.2 Å². The van der Waals surface area contributed by atoms with Gasteiger partial charge in [-0.15, -0.1) is 12.4 Å². The van der Waals surface area contributed by atoms with Crippen LogP contribution in [-0.4, -0.2) is 36.7 Å². The molecule has 4 rings (SSSR count). The number of pyridine rings is 1. The minimum Gasteiger partial charge on any atom is -0.375 e. The number of carbonyl (C=O) groups is 1. The maximum Gasteiger partial charge on any atom is 0.251 e. The third-order valence-electron chi connectivity index (χ3n) is 5.47. The molecule has 28 heavy (non-hydrogen) atoms. The molecular formula is C21H26ClN3O3. The van der Waals surface area contributed by atoms with E-state index in [4.69, 9.17) is 4.74 Å². The second-order valence-corrected chi connectivity index (χ2v) is 7.28. The Hall–Kier alpha value is -2.15. The molecule has 1 saturated heterocycles. The lowest BCUT2D eigenvalue weighted by atomic mass is 9.79. The van der Waals surface area contributed by atoms with Crippen molar-refractivity contribution in [1.82, 2.24) is 15.2 Å². The molecule has 1 aromatic heterocycles. The van der Waals surface area contributed by atoms with Gasteiger partial charge in [0.25, 0.3) is 5.56 Å². The Morgan fingerprint density at radius 1 is 1.14 bits per heavy atom. The van der Waals surface area contributed by atoms with E-state index in [2.05, 4.69) is 10.6 Å². The zero-order valence-corrected chi connectivity index (χ0v) is 16.5. The monoisotopic (exact) mass is 403 g/mol. The first-order valence-corrected chi connectivity index (χ1v) is 9.55. The van der Waals surface area contributed by atoms with Gasteiger partial charge in [-0.1, -0.05) is 36.4 Å². The number of hydrogen-bond acceptors (Lipinski definition) is 4. The number of aromatic nitrogens is 1. The maximum absolute atomic E-state index is 12.9. The van der Waals surface area contributed by atoms with Crippen molar-refractivity contribution in [1.29, 1.82) is 0 Å². The van der Waals surface area contributed by atoms with Crippen LogP contribution < -0.4 is 16.2 Å². The minimum atomic E-state index is -0.452. The van der Waals surface area contributed by atoms with Crippen molar-refractivity contribution >= 4 is 18.3 Å². The Morgan fingerprint density at radius 3 is 2.79 bits per heavy atom. The van der Waals surface area contributed by atoms with E-state index in [0.717, 1.165) is 30.8 Å². The largest absolute Gasteiger partial charge is 0.375 e. The molecule has 1 amide bonds. The number of hydrogen-bond donors (Lipinski definition) is 2. The number of halogens is 1. The number of rotatable bonds is 6. The van der Waals surface area contributed by atoms with Crippen molar-refractivity contribution in [2.75, 3.05) is 26.2 Å². The summed E-state index contributed by atoms with van der Waals surface area (Å²) in [5, 5.41) is 6.37. The Morgan fingerprint density at radius 2 is 1.96 bits per heavy atom. The Labute approximate surface area is 170 Å². The molecule has 2 aromatic rings. The van der Waals surface area contributed by atoms with Crippen LogP contribution in [0.5, 0.6) is 0 Å². The summed E-state index contributed by atoms with van der Waals surface area (Å²) >= 11 is 0. The molecule has 3 heterocycles. The highest BCUT2D eigenvalue weighted by molar-refractivity contribution is 5.85. The lowest BCUT2D eigenvalue weighted by Gasteiger charge is -2.42. The van der Waals surface area contributed by atoms with Crippen LogP contribution in [0.1, 0.15) is 29.6 Å². The summed E-state index contributed by atoms with van der Waals surface area (Å²) in [5.74, 6) is 0.345. The second-order valence-electron chi connectivity index (χ2n) is 7.28. The van der Waals surface area contributed by atoms with Crippen molar-refractivity contribution in [3.63, 3.8) is 0 Å². The molecule has 1 aromatic carbocycles. The summed E-state index contributed by atoms with van der Waals surface area (Å²) in [6.45, 7) is 3.02. The zero-order valence-electron chi connectivity index (χ0n) is 15.7. The van der Waals surface area contributed by atoms with Gasteiger partial charge in [0.05, 0.1) is 13.2 Å². The molecule has 1 fully saturated rings. The van der Waals surface area contributed by atoms with E-state index in [1.807, 2.05) is 36.4 Å². The first-order valence-electron chi connectivity index (χ1n) is 9.55. The van der Waals surface area contributed by atoms with Crippen LogP contribution in [0.2, 0.25) is 0 Å². The fourth-order valence-electron chi connectivity index (χ4n) is 4.25. The van der Waals surface area contributed by atoms with Gasteiger partial charge in [-0.2, -0.15) is 0 Å². The van der Waals surface area contributed by atoms with Crippen molar-refractivity contribution in [3.8, 4) is 0 Å². The lowest BCUT2D eigenvalue weighted by Crippen LogP contribution is -2.52. The molecule has 3 atom stereocenters. The van der Waals surface area contributed by atoms with Gasteiger partial charge >= 0.3 is 0 Å². The standard InChI is InChI=1S/C21H25N3O3.ClH/c25-19-8-4-7-18-16-11-17(13-22-12-16)20(24(18)19)21(26)23-9-10-27-14-15-5-2-1-3-6-15;/h1-8,16-17,20,22H,9-14H2,(H,23,26);1H/t16-,17+,20-;/m1./s1. The van der Waals surface area contributed by atoms with Crippen LogP contribution in [0.4, 0.5) is 0 Å². The van der Waals surface area contributed by atoms with E-state index in [1.165, 1.54) is 0 Å². The van der Waals surface area contributed by atoms with Gasteiger partial charge in [0.2, 0.25) is 5.91 Å².